The van der Waals surface area contributed by atoms with Crippen LogP contribution in [0.4, 0.5) is 0 Å². The summed E-state index contributed by atoms with van der Waals surface area (Å²) in [5.41, 5.74) is 8.89. The lowest BCUT2D eigenvalue weighted by Gasteiger charge is -2.26. The van der Waals surface area contributed by atoms with E-state index in [0.29, 0.717) is 18.1 Å². The minimum absolute atomic E-state index is 0.163. The molecule has 206 valence electrons. The van der Waals surface area contributed by atoms with Crippen LogP contribution in [0.1, 0.15) is 69.1 Å². The number of aryl methyl sites for hydroxylation is 1. The topological polar surface area (TPSA) is 44.8 Å². The molecule has 3 aromatic rings. The summed E-state index contributed by atoms with van der Waals surface area (Å²) in [6.07, 6.45) is 6.23. The number of ether oxygens (including phenoxy) is 3. The highest BCUT2D eigenvalue weighted by atomic mass is 16.6. The van der Waals surface area contributed by atoms with Crippen LogP contribution in [0.5, 0.6) is 5.75 Å². The maximum absolute atomic E-state index is 11.7. The third kappa shape index (κ3) is 7.39. The van der Waals surface area contributed by atoms with Gasteiger partial charge in [-0.25, -0.2) is 4.79 Å². The number of carbonyl (C=O) groups excluding carboxylic acids is 1. The average molecular weight is 527 g/mol. The molecule has 3 aromatic carbocycles. The molecule has 0 unspecified atom stereocenters. The van der Waals surface area contributed by atoms with Gasteiger partial charge < -0.3 is 14.2 Å². The van der Waals surface area contributed by atoms with E-state index < -0.39 is 5.97 Å². The summed E-state index contributed by atoms with van der Waals surface area (Å²) in [5.74, 6) is 1.91. The minimum atomic E-state index is -0.407. The third-order valence-corrected chi connectivity index (χ3v) is 7.82. The monoisotopic (exact) mass is 526 g/mol. The molecular formula is C35H42O4. The minimum Gasteiger partial charge on any atom is -0.490 e. The quantitative estimate of drug-likeness (QED) is 0.143. The van der Waals surface area contributed by atoms with E-state index in [1.807, 2.05) is 6.07 Å². The Balaban J connectivity index is 1.52. The zero-order valence-electron chi connectivity index (χ0n) is 23.9. The molecule has 0 amide bonds. The van der Waals surface area contributed by atoms with E-state index in [1.165, 1.54) is 53.5 Å². The van der Waals surface area contributed by atoms with Gasteiger partial charge in [0.2, 0.25) is 0 Å². The molecule has 1 saturated carbocycles. The lowest BCUT2D eigenvalue weighted by Crippen LogP contribution is -2.13. The number of rotatable bonds is 11. The maximum Gasteiger partial charge on any atom is 0.333 e. The van der Waals surface area contributed by atoms with Crippen molar-refractivity contribution in [3.8, 4) is 28.0 Å². The van der Waals surface area contributed by atoms with Crippen LogP contribution in [0, 0.1) is 5.92 Å². The Kier molecular flexibility index (Phi) is 10.00. The van der Waals surface area contributed by atoms with Crippen LogP contribution in [-0.4, -0.2) is 26.3 Å². The largest absolute Gasteiger partial charge is 0.490 e. The fourth-order valence-corrected chi connectivity index (χ4v) is 5.43. The molecule has 0 N–H and O–H groups in total. The van der Waals surface area contributed by atoms with Crippen molar-refractivity contribution in [3.63, 3.8) is 0 Å². The molecule has 0 aliphatic heterocycles. The SMILES string of the molecule is C=C(C)C(=O)OCCOc1cc(-c2ccc(-c3ccc(C4CCC(C)CC4)cc3)cc2CC)ccc1COC. The Morgan fingerprint density at radius 1 is 0.872 bits per heavy atom. The number of benzene rings is 3. The zero-order chi connectivity index (χ0) is 27.8. The lowest BCUT2D eigenvalue weighted by atomic mass is 9.79. The molecule has 39 heavy (non-hydrogen) atoms. The van der Waals surface area contributed by atoms with Gasteiger partial charge in [-0.2, -0.15) is 0 Å². The van der Waals surface area contributed by atoms with Gasteiger partial charge in [0.1, 0.15) is 19.0 Å². The Bertz CT molecular complexity index is 1270. The zero-order valence-corrected chi connectivity index (χ0v) is 23.9. The normalized spacial score (nSPS) is 17.0. The van der Waals surface area contributed by atoms with Crippen molar-refractivity contribution in [3.05, 3.63) is 89.5 Å². The van der Waals surface area contributed by atoms with Crippen LogP contribution in [0.2, 0.25) is 0 Å². The maximum atomic E-state index is 11.7. The molecule has 1 aliphatic carbocycles. The van der Waals surface area contributed by atoms with Gasteiger partial charge in [0.25, 0.3) is 0 Å². The lowest BCUT2D eigenvalue weighted by molar-refractivity contribution is -0.139. The molecule has 1 fully saturated rings. The number of carbonyl (C=O) groups is 1. The van der Waals surface area contributed by atoms with E-state index in [9.17, 15) is 4.79 Å². The van der Waals surface area contributed by atoms with Gasteiger partial charge >= 0.3 is 5.97 Å². The Labute approximate surface area is 234 Å². The van der Waals surface area contributed by atoms with Gasteiger partial charge in [-0.15, -0.1) is 0 Å². The summed E-state index contributed by atoms with van der Waals surface area (Å²) >= 11 is 0. The molecule has 0 saturated heterocycles. The van der Waals surface area contributed by atoms with E-state index >= 15 is 0 Å². The average Bonchev–Trinajstić information content (AvgIpc) is 2.96. The molecule has 0 atom stereocenters. The molecule has 4 nitrogen and oxygen atoms in total. The van der Waals surface area contributed by atoms with Gasteiger partial charge in [-0.1, -0.05) is 87.9 Å². The van der Waals surface area contributed by atoms with Crippen molar-refractivity contribution in [2.75, 3.05) is 20.3 Å². The van der Waals surface area contributed by atoms with Gasteiger partial charge in [0, 0.05) is 18.2 Å². The van der Waals surface area contributed by atoms with E-state index in [-0.39, 0.29) is 13.2 Å². The smallest absolute Gasteiger partial charge is 0.333 e. The third-order valence-electron chi connectivity index (χ3n) is 7.82. The second-order valence-electron chi connectivity index (χ2n) is 10.8. The van der Waals surface area contributed by atoms with Gasteiger partial charge in [0.15, 0.2) is 0 Å². The Morgan fingerprint density at radius 3 is 2.23 bits per heavy atom. The highest BCUT2D eigenvalue weighted by Crippen LogP contribution is 2.37. The van der Waals surface area contributed by atoms with Gasteiger partial charge in [0.05, 0.1) is 6.61 Å². The fraction of sp³-hybridized carbons (Fsp3) is 0.400. The summed E-state index contributed by atoms with van der Waals surface area (Å²) in [4.78, 5) is 11.7. The number of esters is 1. The van der Waals surface area contributed by atoms with Crippen LogP contribution in [0.3, 0.4) is 0 Å². The molecule has 0 spiro atoms. The summed E-state index contributed by atoms with van der Waals surface area (Å²) < 4.78 is 16.6. The van der Waals surface area contributed by atoms with Crippen LogP contribution in [-0.2, 0) is 27.3 Å². The van der Waals surface area contributed by atoms with Crippen LogP contribution in [0.15, 0.2) is 72.8 Å². The molecule has 0 aromatic heterocycles. The van der Waals surface area contributed by atoms with Gasteiger partial charge in [-0.3, -0.25) is 0 Å². The number of methoxy groups -OCH3 is 1. The highest BCUT2D eigenvalue weighted by Gasteiger charge is 2.19. The van der Waals surface area contributed by atoms with Crippen LogP contribution < -0.4 is 4.74 Å². The number of hydrogen-bond donors (Lipinski definition) is 0. The van der Waals surface area contributed by atoms with Crippen LogP contribution in [0.25, 0.3) is 22.3 Å². The van der Waals surface area contributed by atoms with E-state index in [4.69, 9.17) is 14.2 Å². The standard InChI is InChI=1S/C35H42O4/c1-6-26-21-30(29-13-11-28(12-14-29)27-9-7-25(4)8-10-27)17-18-33(26)31-15-16-32(23-37-5)34(22-31)38-19-20-39-35(36)24(2)3/h11-18,21-22,25,27H,2,6-10,19-20,23H2,1,3-5H3. The predicted octanol–water partition coefficient (Wildman–Crippen LogP) is 8.52. The molecular weight excluding hydrogens is 484 g/mol. The van der Waals surface area contributed by atoms with E-state index in [1.54, 1.807) is 14.0 Å². The van der Waals surface area contributed by atoms with Crippen molar-refractivity contribution in [1.82, 2.24) is 0 Å². The first-order valence-corrected chi connectivity index (χ1v) is 14.2. The Hall–Kier alpha value is -3.37. The van der Waals surface area contributed by atoms with Crippen molar-refractivity contribution in [2.45, 2.75) is 65.4 Å². The first-order chi connectivity index (χ1) is 18.9. The van der Waals surface area contributed by atoms with Crippen molar-refractivity contribution < 1.29 is 19.0 Å². The van der Waals surface area contributed by atoms with Gasteiger partial charge in [-0.05, 0) is 77.5 Å². The number of hydrogen-bond acceptors (Lipinski definition) is 4. The highest BCUT2D eigenvalue weighted by molar-refractivity contribution is 5.86. The predicted molar refractivity (Wildman–Crippen MR) is 159 cm³/mol. The molecule has 0 heterocycles. The van der Waals surface area contributed by atoms with Crippen molar-refractivity contribution in [2.24, 2.45) is 5.92 Å². The van der Waals surface area contributed by atoms with Crippen molar-refractivity contribution in [1.29, 1.82) is 0 Å². The molecule has 1 aliphatic rings. The van der Waals surface area contributed by atoms with Crippen LogP contribution >= 0.6 is 0 Å². The summed E-state index contributed by atoms with van der Waals surface area (Å²) in [6, 6.07) is 22.2. The summed E-state index contributed by atoms with van der Waals surface area (Å²) in [6.45, 7) is 10.7. The first kappa shape index (κ1) is 28.6. The van der Waals surface area contributed by atoms with Crippen molar-refractivity contribution >= 4 is 5.97 Å². The second kappa shape index (κ2) is 13.6. The molecule has 4 heteroatoms. The second-order valence-corrected chi connectivity index (χ2v) is 10.8. The first-order valence-electron chi connectivity index (χ1n) is 14.2. The Morgan fingerprint density at radius 2 is 1.56 bits per heavy atom. The molecule has 4 rings (SSSR count). The van der Waals surface area contributed by atoms with E-state index in [2.05, 4.69) is 75.0 Å². The molecule has 0 bridgehead atoms. The summed E-state index contributed by atoms with van der Waals surface area (Å²) in [5, 5.41) is 0. The summed E-state index contributed by atoms with van der Waals surface area (Å²) in [7, 11) is 1.67. The fourth-order valence-electron chi connectivity index (χ4n) is 5.43. The molecule has 0 radical (unpaired) electrons. The van der Waals surface area contributed by atoms with E-state index in [0.717, 1.165) is 29.2 Å².